The van der Waals surface area contributed by atoms with Gasteiger partial charge in [0.15, 0.2) is 12.2 Å². The fourth-order valence-electron chi connectivity index (χ4n) is 3.15. The molecule has 0 fully saturated rings. The highest BCUT2D eigenvalue weighted by Crippen LogP contribution is 2.22. The summed E-state index contributed by atoms with van der Waals surface area (Å²) in [6.45, 7) is 3.10. The smallest absolute Gasteiger partial charge is 0.280 e. The summed E-state index contributed by atoms with van der Waals surface area (Å²) >= 11 is 0. The summed E-state index contributed by atoms with van der Waals surface area (Å²) in [7, 11) is 3.00. The first-order valence-corrected chi connectivity index (χ1v) is 12.0. The molecule has 0 aliphatic heterocycles. The van der Waals surface area contributed by atoms with E-state index in [9.17, 15) is 19.8 Å². The Morgan fingerprint density at radius 2 is 1.02 bits per heavy atom. The predicted octanol–water partition coefficient (Wildman–Crippen LogP) is 2.95. The second-order valence-corrected chi connectivity index (χ2v) is 8.31. The lowest BCUT2D eigenvalue weighted by Crippen LogP contribution is -2.33. The van der Waals surface area contributed by atoms with Crippen LogP contribution in [-0.2, 0) is 9.59 Å². The van der Waals surface area contributed by atoms with Crippen molar-refractivity contribution in [3.63, 3.8) is 0 Å². The van der Waals surface area contributed by atoms with E-state index in [1.165, 1.54) is 38.8 Å². The zero-order valence-electron chi connectivity index (χ0n) is 22.3. The number of aromatic hydroxyl groups is 2. The van der Waals surface area contributed by atoms with E-state index in [1.54, 1.807) is 62.4 Å². The van der Waals surface area contributed by atoms with E-state index >= 15 is 0 Å². The van der Waals surface area contributed by atoms with Crippen molar-refractivity contribution in [1.29, 1.82) is 0 Å². The highest BCUT2D eigenvalue weighted by Gasteiger charge is 2.16. The van der Waals surface area contributed by atoms with Crippen LogP contribution in [0.25, 0.3) is 0 Å². The molecular weight excluding hydrogens is 520 g/mol. The number of hydrogen-bond acceptors (Lipinski definition) is 10. The maximum atomic E-state index is 12.3. The Morgan fingerprint density at radius 1 is 0.675 bits per heavy atom. The number of nitrogens with zero attached hydrogens (tertiary/aromatic N) is 2. The Balaban J connectivity index is 1.47. The minimum atomic E-state index is -0.880. The molecule has 210 valence electrons. The summed E-state index contributed by atoms with van der Waals surface area (Å²) in [5.41, 5.74) is 5.45. The molecule has 12 heteroatoms. The Morgan fingerprint density at radius 3 is 1.38 bits per heavy atom. The van der Waals surface area contributed by atoms with E-state index in [-0.39, 0.29) is 11.5 Å². The summed E-state index contributed by atoms with van der Waals surface area (Å²) in [6, 6.07) is 15.6. The van der Waals surface area contributed by atoms with Crippen LogP contribution in [0.1, 0.15) is 25.0 Å². The van der Waals surface area contributed by atoms with Gasteiger partial charge in [-0.1, -0.05) is 0 Å². The van der Waals surface area contributed by atoms with Crippen LogP contribution in [0.4, 0.5) is 0 Å². The first kappa shape index (κ1) is 29.3. The molecule has 4 N–H and O–H groups in total. The fraction of sp³-hybridized carbons (Fsp3) is 0.214. The van der Waals surface area contributed by atoms with Crippen molar-refractivity contribution in [2.24, 2.45) is 10.2 Å². The van der Waals surface area contributed by atoms with Gasteiger partial charge in [-0.3, -0.25) is 9.59 Å². The van der Waals surface area contributed by atoms with Crippen LogP contribution in [0, 0.1) is 0 Å². The maximum absolute atomic E-state index is 12.3. The highest BCUT2D eigenvalue weighted by molar-refractivity contribution is 5.87. The van der Waals surface area contributed by atoms with Gasteiger partial charge in [0.1, 0.15) is 34.5 Å². The average Bonchev–Trinajstić information content (AvgIpc) is 2.95. The van der Waals surface area contributed by atoms with Gasteiger partial charge in [-0.05, 0) is 74.5 Å². The van der Waals surface area contributed by atoms with Gasteiger partial charge in [-0.15, -0.1) is 0 Å². The van der Waals surface area contributed by atoms with Crippen LogP contribution in [0.5, 0.6) is 34.5 Å². The molecule has 0 aliphatic rings. The van der Waals surface area contributed by atoms with Crippen molar-refractivity contribution in [3.05, 3.63) is 71.8 Å². The van der Waals surface area contributed by atoms with Crippen LogP contribution in [0.3, 0.4) is 0 Å². The molecule has 3 aromatic rings. The first-order chi connectivity index (χ1) is 19.2. The third-order valence-electron chi connectivity index (χ3n) is 5.41. The minimum absolute atomic E-state index is 0.0153. The normalized spacial score (nSPS) is 12.5. The number of rotatable bonds is 12. The molecule has 3 rings (SSSR count). The Kier molecular flexibility index (Phi) is 10.3. The quantitative estimate of drug-likeness (QED) is 0.198. The summed E-state index contributed by atoms with van der Waals surface area (Å²) in [6.07, 6.45) is 0.823. The molecule has 0 radical (unpaired) electrons. The monoisotopic (exact) mass is 550 g/mol. The molecule has 12 nitrogen and oxygen atoms in total. The number of phenols is 2. The van der Waals surface area contributed by atoms with E-state index < -0.39 is 24.0 Å². The van der Waals surface area contributed by atoms with Crippen LogP contribution >= 0.6 is 0 Å². The fourth-order valence-corrected chi connectivity index (χ4v) is 3.15. The van der Waals surface area contributed by atoms with Crippen molar-refractivity contribution in [1.82, 2.24) is 10.9 Å². The Bertz CT molecular complexity index is 1270. The zero-order valence-corrected chi connectivity index (χ0v) is 22.3. The van der Waals surface area contributed by atoms with Crippen molar-refractivity contribution < 1.29 is 38.7 Å². The minimum Gasteiger partial charge on any atom is -0.507 e. The molecule has 40 heavy (non-hydrogen) atoms. The molecule has 0 spiro atoms. The molecule has 2 atom stereocenters. The lowest BCUT2D eigenvalue weighted by Gasteiger charge is -2.15. The van der Waals surface area contributed by atoms with Gasteiger partial charge in [0.05, 0.1) is 26.6 Å². The number of benzene rings is 3. The molecule has 0 saturated carbocycles. The second kappa shape index (κ2) is 14.0. The van der Waals surface area contributed by atoms with Gasteiger partial charge in [0.25, 0.3) is 11.8 Å². The molecule has 0 saturated heterocycles. The molecule has 2 amide bonds. The molecule has 0 heterocycles. The van der Waals surface area contributed by atoms with E-state index in [0.29, 0.717) is 34.1 Å². The Hall–Kier alpha value is -5.26. The second-order valence-electron chi connectivity index (χ2n) is 8.31. The number of ether oxygens (including phenoxy) is 4. The zero-order chi connectivity index (χ0) is 29.1. The van der Waals surface area contributed by atoms with Gasteiger partial charge in [-0.2, -0.15) is 10.2 Å². The van der Waals surface area contributed by atoms with Crippen molar-refractivity contribution >= 4 is 24.2 Å². The summed E-state index contributed by atoms with van der Waals surface area (Å²) in [5, 5.41) is 27.5. The number of carbonyl (C=O) groups excluding carboxylic acids is 2. The number of hydrogen-bond donors (Lipinski definition) is 4. The van der Waals surface area contributed by atoms with Crippen LogP contribution in [0.2, 0.25) is 0 Å². The average molecular weight is 551 g/mol. The number of nitrogens with one attached hydrogen (secondary N) is 2. The van der Waals surface area contributed by atoms with Gasteiger partial charge in [-0.25, -0.2) is 10.9 Å². The van der Waals surface area contributed by atoms with Crippen LogP contribution in [-0.4, -0.2) is 60.9 Å². The topological polar surface area (TPSA) is 160 Å². The number of amides is 2. The molecule has 3 aromatic carbocycles. The van der Waals surface area contributed by atoms with Crippen molar-refractivity contribution in [3.8, 4) is 34.5 Å². The van der Waals surface area contributed by atoms with Gasteiger partial charge >= 0.3 is 0 Å². The lowest BCUT2D eigenvalue weighted by molar-refractivity contribution is -0.128. The first-order valence-electron chi connectivity index (χ1n) is 12.0. The van der Waals surface area contributed by atoms with E-state index in [1.807, 2.05) is 0 Å². The summed E-state index contributed by atoms with van der Waals surface area (Å²) in [5.74, 6) is 0.803. The Labute approximate surface area is 230 Å². The maximum Gasteiger partial charge on any atom is 0.280 e. The molecular formula is C28H30N4O8. The third kappa shape index (κ3) is 8.38. The van der Waals surface area contributed by atoms with Crippen LogP contribution in [0.15, 0.2) is 70.9 Å². The standard InChI is InChI=1S/C28H30N4O8/c1-17(27(35)31-29-15-19-13-23(37-3)9-11-25(19)33)39-21-5-7-22(8-6-21)40-18(2)28(36)32-30-16-20-14-24(38-4)10-12-26(20)34/h5-18,33-34H,1-4H3,(H,31,35)(H,32,36). The van der Waals surface area contributed by atoms with Gasteiger partial charge < -0.3 is 29.2 Å². The van der Waals surface area contributed by atoms with Gasteiger partial charge in [0.2, 0.25) is 0 Å². The molecule has 0 bridgehead atoms. The number of methoxy groups -OCH3 is 2. The van der Waals surface area contributed by atoms with E-state index in [4.69, 9.17) is 18.9 Å². The van der Waals surface area contributed by atoms with Crippen molar-refractivity contribution in [2.45, 2.75) is 26.1 Å². The summed E-state index contributed by atoms with van der Waals surface area (Å²) < 4.78 is 21.5. The molecule has 0 aliphatic carbocycles. The number of carbonyl (C=O) groups is 2. The van der Waals surface area contributed by atoms with E-state index in [0.717, 1.165) is 0 Å². The highest BCUT2D eigenvalue weighted by atomic mass is 16.5. The molecule has 2 unspecified atom stereocenters. The predicted molar refractivity (Wildman–Crippen MR) is 147 cm³/mol. The molecule has 0 aromatic heterocycles. The van der Waals surface area contributed by atoms with Crippen LogP contribution < -0.4 is 29.8 Å². The largest absolute Gasteiger partial charge is 0.507 e. The number of hydrazone groups is 2. The number of phenolic OH excluding ortho intramolecular Hbond substituents is 2. The van der Waals surface area contributed by atoms with Crippen molar-refractivity contribution in [2.75, 3.05) is 14.2 Å². The van der Waals surface area contributed by atoms with Gasteiger partial charge in [0, 0.05) is 11.1 Å². The lowest BCUT2D eigenvalue weighted by atomic mass is 10.2. The SMILES string of the molecule is COc1ccc(O)c(C=NNC(=O)C(C)Oc2ccc(OC(C)C(=O)NN=Cc3cc(OC)ccc3O)cc2)c1. The van der Waals surface area contributed by atoms with E-state index in [2.05, 4.69) is 21.1 Å². The summed E-state index contributed by atoms with van der Waals surface area (Å²) in [4.78, 5) is 24.6. The third-order valence-corrected chi connectivity index (χ3v) is 5.41.